The molecule has 3 N–H and O–H groups in total. The smallest absolute Gasteiger partial charge is 0.242 e. The maximum absolute atomic E-state index is 12.7. The van der Waals surface area contributed by atoms with Gasteiger partial charge in [0.05, 0.1) is 0 Å². The lowest BCUT2D eigenvalue weighted by Gasteiger charge is -2.36. The molecule has 0 radical (unpaired) electrons. The molecule has 0 aromatic carbocycles. The van der Waals surface area contributed by atoms with Gasteiger partial charge >= 0.3 is 0 Å². The fourth-order valence-electron chi connectivity index (χ4n) is 3.92. The van der Waals surface area contributed by atoms with Crippen molar-refractivity contribution in [2.45, 2.75) is 57.0 Å². The summed E-state index contributed by atoms with van der Waals surface area (Å²) >= 11 is 0. The Morgan fingerprint density at radius 2 is 1.83 bits per heavy atom. The van der Waals surface area contributed by atoms with E-state index in [1.54, 1.807) is 0 Å². The average Bonchev–Trinajstić information content (AvgIpc) is 2.64. The number of carbonyl (C=O) groups is 3. The lowest BCUT2D eigenvalue weighted by molar-refractivity contribution is -0.139. The first-order valence-corrected chi connectivity index (χ1v) is 9.25. The molecule has 0 spiro atoms. The van der Waals surface area contributed by atoms with Crippen LogP contribution in [0.1, 0.15) is 44.9 Å². The van der Waals surface area contributed by atoms with E-state index in [2.05, 4.69) is 16.0 Å². The van der Waals surface area contributed by atoms with Crippen LogP contribution in [0.3, 0.4) is 0 Å². The van der Waals surface area contributed by atoms with Crippen molar-refractivity contribution in [2.24, 2.45) is 5.92 Å². The molecule has 3 rings (SSSR count). The third-order valence-corrected chi connectivity index (χ3v) is 5.36. The minimum absolute atomic E-state index is 0.111. The number of hydrogen-bond donors (Lipinski definition) is 3. The maximum Gasteiger partial charge on any atom is 0.242 e. The van der Waals surface area contributed by atoms with Crippen LogP contribution in [0.2, 0.25) is 0 Å². The van der Waals surface area contributed by atoms with Crippen molar-refractivity contribution in [1.29, 1.82) is 0 Å². The van der Waals surface area contributed by atoms with Crippen molar-refractivity contribution < 1.29 is 14.4 Å². The van der Waals surface area contributed by atoms with Gasteiger partial charge in [0.15, 0.2) is 0 Å². The van der Waals surface area contributed by atoms with E-state index >= 15 is 0 Å². The summed E-state index contributed by atoms with van der Waals surface area (Å²) in [6.45, 7) is 2.35. The van der Waals surface area contributed by atoms with Gasteiger partial charge in [-0.3, -0.25) is 14.4 Å². The second-order valence-electron chi connectivity index (χ2n) is 7.12. The van der Waals surface area contributed by atoms with Crippen LogP contribution in [0.5, 0.6) is 0 Å². The van der Waals surface area contributed by atoms with Gasteiger partial charge in [0.2, 0.25) is 17.7 Å². The number of amides is 3. The van der Waals surface area contributed by atoms with E-state index in [1.807, 2.05) is 4.90 Å². The number of piperazine rings is 1. The van der Waals surface area contributed by atoms with Gasteiger partial charge < -0.3 is 20.9 Å². The van der Waals surface area contributed by atoms with Crippen molar-refractivity contribution in [3.63, 3.8) is 0 Å². The van der Waals surface area contributed by atoms with Gasteiger partial charge in [-0.05, 0) is 25.7 Å². The summed E-state index contributed by atoms with van der Waals surface area (Å²) in [5.41, 5.74) is 0. The summed E-state index contributed by atoms with van der Waals surface area (Å²) in [7, 11) is 0. The highest BCUT2D eigenvalue weighted by Crippen LogP contribution is 2.25. The molecular weight excluding hydrogens is 308 g/mol. The van der Waals surface area contributed by atoms with Crippen LogP contribution in [0, 0.1) is 5.92 Å². The molecule has 2 atom stereocenters. The Morgan fingerprint density at radius 3 is 2.58 bits per heavy atom. The molecule has 2 saturated heterocycles. The highest BCUT2D eigenvalue weighted by molar-refractivity contribution is 5.90. The van der Waals surface area contributed by atoms with Crippen LogP contribution in [0.25, 0.3) is 0 Å². The number of nitrogens with one attached hydrogen (secondary N) is 3. The molecular formula is C17H28N4O3. The largest absolute Gasteiger partial charge is 0.354 e. The Kier molecular flexibility index (Phi) is 5.71. The van der Waals surface area contributed by atoms with Crippen molar-refractivity contribution in [1.82, 2.24) is 20.9 Å². The lowest BCUT2D eigenvalue weighted by atomic mass is 9.88. The summed E-state index contributed by atoms with van der Waals surface area (Å²) in [5.74, 6) is 0.0350. The summed E-state index contributed by atoms with van der Waals surface area (Å²) in [6, 6.07) is -0.876. The van der Waals surface area contributed by atoms with Crippen LogP contribution in [-0.4, -0.2) is 60.9 Å². The number of hydrogen-bond acceptors (Lipinski definition) is 4. The first-order chi connectivity index (χ1) is 11.6. The zero-order valence-electron chi connectivity index (χ0n) is 14.2. The lowest BCUT2D eigenvalue weighted by Crippen LogP contribution is -2.61. The zero-order chi connectivity index (χ0) is 16.9. The highest BCUT2D eigenvalue weighted by atomic mass is 16.2. The third-order valence-electron chi connectivity index (χ3n) is 5.36. The quantitative estimate of drug-likeness (QED) is 0.664. The molecule has 134 valence electrons. The van der Waals surface area contributed by atoms with Crippen LogP contribution >= 0.6 is 0 Å². The average molecular weight is 336 g/mol. The first kappa shape index (κ1) is 17.2. The van der Waals surface area contributed by atoms with E-state index < -0.39 is 12.1 Å². The second-order valence-corrected chi connectivity index (χ2v) is 7.12. The number of piperidine rings is 1. The van der Waals surface area contributed by atoms with E-state index in [-0.39, 0.29) is 23.6 Å². The summed E-state index contributed by atoms with van der Waals surface area (Å²) in [6.07, 6.45) is 6.98. The molecule has 3 amide bonds. The van der Waals surface area contributed by atoms with Gasteiger partial charge in [-0.25, -0.2) is 0 Å². The molecule has 3 fully saturated rings. The summed E-state index contributed by atoms with van der Waals surface area (Å²) in [4.78, 5) is 38.7. The molecule has 2 aliphatic heterocycles. The molecule has 7 nitrogen and oxygen atoms in total. The van der Waals surface area contributed by atoms with Gasteiger partial charge in [0.25, 0.3) is 0 Å². The topological polar surface area (TPSA) is 90.5 Å². The Balaban J connectivity index is 1.53. The molecule has 0 aromatic heterocycles. The monoisotopic (exact) mass is 336 g/mol. The standard InChI is InChI=1S/C17H28N4O3/c22-15-13(7-4-8-19-15)20-16(23)14-11-21(10-9-18-14)17(24)12-5-2-1-3-6-12/h12-14,18H,1-11H2,(H,19,22)(H,20,23)/t13-,14+/m0/s1. The van der Waals surface area contributed by atoms with E-state index in [1.165, 1.54) is 6.42 Å². The molecule has 3 aliphatic rings. The van der Waals surface area contributed by atoms with Gasteiger partial charge in [0, 0.05) is 32.1 Å². The van der Waals surface area contributed by atoms with E-state index in [0.717, 1.165) is 32.1 Å². The maximum atomic E-state index is 12.7. The second kappa shape index (κ2) is 7.96. The van der Waals surface area contributed by atoms with Gasteiger partial charge in [-0.2, -0.15) is 0 Å². The van der Waals surface area contributed by atoms with E-state index in [9.17, 15) is 14.4 Å². The van der Waals surface area contributed by atoms with Crippen molar-refractivity contribution in [3.8, 4) is 0 Å². The van der Waals surface area contributed by atoms with Gasteiger partial charge in [0.1, 0.15) is 12.1 Å². The van der Waals surface area contributed by atoms with Gasteiger partial charge in [-0.15, -0.1) is 0 Å². The highest BCUT2D eigenvalue weighted by Gasteiger charge is 2.33. The number of nitrogens with zero attached hydrogens (tertiary/aromatic N) is 1. The fourth-order valence-corrected chi connectivity index (χ4v) is 3.92. The number of rotatable bonds is 3. The zero-order valence-corrected chi connectivity index (χ0v) is 14.2. The Morgan fingerprint density at radius 1 is 1.04 bits per heavy atom. The molecule has 7 heteroatoms. The number of carbonyl (C=O) groups excluding carboxylic acids is 3. The Labute approximate surface area is 142 Å². The normalized spacial score (nSPS) is 29.0. The molecule has 2 heterocycles. The minimum atomic E-state index is -0.447. The summed E-state index contributed by atoms with van der Waals surface area (Å²) < 4.78 is 0. The molecule has 0 unspecified atom stereocenters. The van der Waals surface area contributed by atoms with Crippen LogP contribution < -0.4 is 16.0 Å². The predicted octanol–water partition coefficient (Wildman–Crippen LogP) is -0.238. The van der Waals surface area contributed by atoms with Crippen molar-refractivity contribution in [3.05, 3.63) is 0 Å². The molecule has 24 heavy (non-hydrogen) atoms. The van der Waals surface area contributed by atoms with Crippen molar-refractivity contribution >= 4 is 17.7 Å². The molecule has 1 aliphatic carbocycles. The SMILES string of the molecule is O=C1NCCC[C@@H]1NC(=O)[C@H]1CN(C(=O)C2CCCCC2)CCN1. The first-order valence-electron chi connectivity index (χ1n) is 9.25. The van der Waals surface area contributed by atoms with E-state index in [4.69, 9.17) is 0 Å². The Bertz CT molecular complexity index is 490. The Hall–Kier alpha value is -1.63. The van der Waals surface area contributed by atoms with E-state index in [0.29, 0.717) is 32.6 Å². The summed E-state index contributed by atoms with van der Waals surface area (Å²) in [5, 5.41) is 8.77. The molecule has 0 aromatic rings. The third kappa shape index (κ3) is 4.06. The van der Waals surface area contributed by atoms with Crippen LogP contribution in [0.15, 0.2) is 0 Å². The predicted molar refractivity (Wildman–Crippen MR) is 89.1 cm³/mol. The van der Waals surface area contributed by atoms with Crippen molar-refractivity contribution in [2.75, 3.05) is 26.2 Å². The fraction of sp³-hybridized carbons (Fsp3) is 0.824. The minimum Gasteiger partial charge on any atom is -0.354 e. The molecule has 1 saturated carbocycles. The van der Waals surface area contributed by atoms with Crippen LogP contribution in [-0.2, 0) is 14.4 Å². The van der Waals surface area contributed by atoms with Crippen LogP contribution in [0.4, 0.5) is 0 Å². The molecule has 0 bridgehead atoms. The van der Waals surface area contributed by atoms with Gasteiger partial charge in [-0.1, -0.05) is 19.3 Å².